The van der Waals surface area contributed by atoms with Gasteiger partial charge >= 0.3 is 0 Å². The molecule has 3 nitrogen and oxygen atoms in total. The minimum atomic E-state index is 0.00141. The molecule has 1 aliphatic rings. The maximum atomic E-state index is 9.67. The molecule has 1 aliphatic carbocycles. The zero-order chi connectivity index (χ0) is 15.5. The van der Waals surface area contributed by atoms with Crippen LogP contribution in [0.3, 0.4) is 0 Å². The Balaban J connectivity index is 1.92. The van der Waals surface area contributed by atoms with Gasteiger partial charge in [-0.25, -0.2) is 0 Å². The zero-order valence-corrected chi connectivity index (χ0v) is 13.7. The molecule has 21 heavy (non-hydrogen) atoms. The molecule has 0 radical (unpaired) electrons. The first kappa shape index (κ1) is 16.5. The monoisotopic (exact) mass is 291 g/mol. The first-order valence-corrected chi connectivity index (χ1v) is 7.98. The van der Waals surface area contributed by atoms with Crippen LogP contribution in [0.15, 0.2) is 30.3 Å². The highest BCUT2D eigenvalue weighted by atomic mass is 16.5. The van der Waals surface area contributed by atoms with Gasteiger partial charge in [-0.15, -0.1) is 0 Å². The minimum Gasteiger partial charge on any atom is -0.394 e. The van der Waals surface area contributed by atoms with Gasteiger partial charge in [0.2, 0.25) is 0 Å². The maximum absolute atomic E-state index is 9.67. The molecule has 1 aromatic rings. The number of aliphatic hydroxyl groups excluding tert-OH is 1. The number of aliphatic hydroxyl groups is 1. The summed E-state index contributed by atoms with van der Waals surface area (Å²) >= 11 is 0. The predicted molar refractivity (Wildman–Crippen MR) is 86.2 cm³/mol. The van der Waals surface area contributed by atoms with Crippen LogP contribution in [0.2, 0.25) is 0 Å². The van der Waals surface area contributed by atoms with Crippen LogP contribution in [-0.4, -0.2) is 30.5 Å². The van der Waals surface area contributed by atoms with Gasteiger partial charge in [0, 0.05) is 18.1 Å². The van der Waals surface area contributed by atoms with Crippen molar-refractivity contribution in [3.63, 3.8) is 0 Å². The van der Waals surface area contributed by atoms with Crippen LogP contribution in [0.1, 0.15) is 45.7 Å². The van der Waals surface area contributed by atoms with Crippen molar-refractivity contribution in [2.45, 2.75) is 52.3 Å². The Hall–Kier alpha value is -0.900. The van der Waals surface area contributed by atoms with Gasteiger partial charge < -0.3 is 15.2 Å². The molecule has 0 saturated heterocycles. The fraction of sp³-hybridized carbons (Fsp3) is 0.667. The van der Waals surface area contributed by atoms with Crippen LogP contribution in [0.25, 0.3) is 0 Å². The summed E-state index contributed by atoms with van der Waals surface area (Å²) < 4.78 is 6.00. The van der Waals surface area contributed by atoms with Crippen molar-refractivity contribution >= 4 is 0 Å². The van der Waals surface area contributed by atoms with Crippen LogP contribution >= 0.6 is 0 Å². The predicted octanol–water partition coefficient (Wildman–Crippen LogP) is 3.15. The van der Waals surface area contributed by atoms with Crippen LogP contribution < -0.4 is 5.32 Å². The summed E-state index contributed by atoms with van der Waals surface area (Å²) in [4.78, 5) is 0. The van der Waals surface area contributed by atoms with Crippen molar-refractivity contribution < 1.29 is 9.84 Å². The average Bonchev–Trinajstić information content (AvgIpc) is 2.46. The van der Waals surface area contributed by atoms with E-state index in [1.807, 2.05) is 18.2 Å². The van der Waals surface area contributed by atoms with Crippen LogP contribution in [0.4, 0.5) is 0 Å². The zero-order valence-electron chi connectivity index (χ0n) is 13.7. The first-order chi connectivity index (χ1) is 9.95. The van der Waals surface area contributed by atoms with Crippen molar-refractivity contribution in [1.82, 2.24) is 5.32 Å². The van der Waals surface area contributed by atoms with Crippen LogP contribution in [-0.2, 0) is 4.74 Å². The molecule has 1 aromatic carbocycles. The number of ether oxygens (including phenoxy) is 1. The Morgan fingerprint density at radius 2 is 1.95 bits per heavy atom. The molecule has 3 heteroatoms. The normalized spacial score (nSPS) is 25.6. The van der Waals surface area contributed by atoms with Gasteiger partial charge in [-0.2, -0.15) is 0 Å². The highest BCUT2D eigenvalue weighted by molar-refractivity contribution is 5.20. The quantitative estimate of drug-likeness (QED) is 0.811. The summed E-state index contributed by atoms with van der Waals surface area (Å²) in [6, 6.07) is 10.5. The smallest absolute Gasteiger partial charge is 0.0656 e. The lowest BCUT2D eigenvalue weighted by Crippen LogP contribution is -2.61. The van der Waals surface area contributed by atoms with Crippen molar-refractivity contribution in [2.75, 3.05) is 13.2 Å². The fourth-order valence-electron chi connectivity index (χ4n) is 2.94. The largest absolute Gasteiger partial charge is 0.394 e. The molecule has 0 aliphatic heterocycles. The highest BCUT2D eigenvalue weighted by Gasteiger charge is 2.49. The third-order valence-corrected chi connectivity index (χ3v) is 4.60. The van der Waals surface area contributed by atoms with Gasteiger partial charge in [-0.05, 0) is 17.9 Å². The highest BCUT2D eigenvalue weighted by Crippen LogP contribution is 2.43. The summed E-state index contributed by atoms with van der Waals surface area (Å²) in [5.41, 5.74) is 1.25. The Morgan fingerprint density at radius 3 is 2.48 bits per heavy atom. The average molecular weight is 291 g/mol. The van der Waals surface area contributed by atoms with Gasteiger partial charge in [-0.3, -0.25) is 0 Å². The number of hydrogen-bond donors (Lipinski definition) is 2. The molecule has 0 heterocycles. The number of hydrogen-bond acceptors (Lipinski definition) is 3. The number of benzene rings is 1. The molecule has 0 bridgehead atoms. The summed E-state index contributed by atoms with van der Waals surface area (Å²) in [6.07, 6.45) is 1.33. The lowest BCUT2D eigenvalue weighted by molar-refractivity contribution is -0.127. The van der Waals surface area contributed by atoms with Gasteiger partial charge in [0.1, 0.15) is 0 Å². The second-order valence-corrected chi connectivity index (χ2v) is 7.14. The molecule has 3 atom stereocenters. The molecule has 0 aromatic heterocycles. The van der Waals surface area contributed by atoms with E-state index in [-0.39, 0.29) is 18.1 Å². The molecular weight excluding hydrogens is 262 g/mol. The minimum absolute atomic E-state index is 0.00141. The van der Waals surface area contributed by atoms with Crippen LogP contribution in [0, 0.1) is 11.3 Å². The molecule has 1 saturated carbocycles. The van der Waals surface area contributed by atoms with E-state index in [4.69, 9.17) is 4.74 Å². The van der Waals surface area contributed by atoms with Crippen molar-refractivity contribution in [2.24, 2.45) is 11.3 Å². The van der Waals surface area contributed by atoms with E-state index in [1.54, 1.807) is 0 Å². The summed E-state index contributed by atoms with van der Waals surface area (Å²) in [6.45, 7) is 9.80. The summed E-state index contributed by atoms with van der Waals surface area (Å²) in [5, 5.41) is 13.3. The van der Waals surface area contributed by atoms with E-state index < -0.39 is 0 Å². The second-order valence-electron chi connectivity index (χ2n) is 7.14. The van der Waals surface area contributed by atoms with Crippen molar-refractivity contribution in [3.05, 3.63) is 35.9 Å². The Bertz CT molecular complexity index is 430. The van der Waals surface area contributed by atoms with E-state index in [0.717, 1.165) is 18.6 Å². The molecule has 2 N–H and O–H groups in total. The third-order valence-electron chi connectivity index (χ3n) is 4.60. The fourth-order valence-corrected chi connectivity index (χ4v) is 2.94. The van der Waals surface area contributed by atoms with E-state index in [1.165, 1.54) is 0 Å². The molecule has 0 spiro atoms. The molecule has 1 fully saturated rings. The molecule has 2 rings (SSSR count). The van der Waals surface area contributed by atoms with Gasteiger partial charge in [0.05, 0.1) is 18.8 Å². The van der Waals surface area contributed by atoms with E-state index in [9.17, 15) is 5.11 Å². The Morgan fingerprint density at radius 1 is 1.29 bits per heavy atom. The topological polar surface area (TPSA) is 41.5 Å². The third kappa shape index (κ3) is 3.85. The first-order valence-electron chi connectivity index (χ1n) is 7.98. The van der Waals surface area contributed by atoms with E-state index >= 15 is 0 Å². The van der Waals surface area contributed by atoms with E-state index in [2.05, 4.69) is 45.1 Å². The molecular formula is C18H29NO2. The van der Waals surface area contributed by atoms with Crippen LogP contribution in [0.5, 0.6) is 0 Å². The van der Waals surface area contributed by atoms with Crippen molar-refractivity contribution in [3.8, 4) is 0 Å². The number of nitrogens with one attached hydrogen (secondary N) is 1. The van der Waals surface area contributed by atoms with Crippen molar-refractivity contribution in [1.29, 1.82) is 0 Å². The SMILES string of the molecule is CC(C)COC1CC(N[C@H](CO)c2ccccc2)C1(C)C. The standard InChI is InChI=1S/C18H29NO2/c1-13(2)12-21-17-10-16(18(17,3)4)19-15(11-20)14-8-6-5-7-9-14/h5-9,13,15-17,19-20H,10-12H2,1-4H3/t15-,16?,17?/m1/s1. The summed E-state index contributed by atoms with van der Waals surface area (Å²) in [5.74, 6) is 0.572. The summed E-state index contributed by atoms with van der Waals surface area (Å²) in [7, 11) is 0. The number of rotatable bonds is 7. The molecule has 2 unspecified atom stereocenters. The second kappa shape index (κ2) is 6.91. The maximum Gasteiger partial charge on any atom is 0.0656 e. The molecule has 118 valence electrons. The van der Waals surface area contributed by atoms with Gasteiger partial charge in [0.15, 0.2) is 0 Å². The lowest BCUT2D eigenvalue weighted by Gasteiger charge is -2.53. The molecule has 0 amide bonds. The Kier molecular flexibility index (Phi) is 5.42. The van der Waals surface area contributed by atoms with Gasteiger partial charge in [-0.1, -0.05) is 58.0 Å². The Labute approximate surface area is 128 Å². The van der Waals surface area contributed by atoms with Gasteiger partial charge in [0.25, 0.3) is 0 Å². The lowest BCUT2D eigenvalue weighted by atomic mass is 9.64. The van der Waals surface area contributed by atoms with E-state index in [0.29, 0.717) is 18.1 Å².